The Kier molecular flexibility index (Phi) is 1.99. The van der Waals surface area contributed by atoms with E-state index in [0.29, 0.717) is 12.1 Å². The molecule has 3 rings (SSSR count). The average molecular weight is 196 g/mol. The fourth-order valence-electron chi connectivity index (χ4n) is 2.78. The van der Waals surface area contributed by atoms with Crippen molar-refractivity contribution in [2.24, 2.45) is 0 Å². The standard InChI is InChI=1S/C10H16N2O2/c13-10(9-2-1-3-14-9)12-7-4-8(12)6-11-5-7/h7-9,11H,1-6H2/t7?,8?,9-/m0/s1. The van der Waals surface area contributed by atoms with Gasteiger partial charge in [-0.1, -0.05) is 0 Å². The summed E-state index contributed by atoms with van der Waals surface area (Å²) in [4.78, 5) is 14.1. The first-order valence-corrected chi connectivity index (χ1v) is 5.51. The van der Waals surface area contributed by atoms with E-state index in [0.717, 1.165) is 32.5 Å². The highest BCUT2D eigenvalue weighted by molar-refractivity contribution is 5.82. The van der Waals surface area contributed by atoms with Crippen LogP contribution in [-0.2, 0) is 9.53 Å². The van der Waals surface area contributed by atoms with Gasteiger partial charge in [0, 0.05) is 31.8 Å². The highest BCUT2D eigenvalue weighted by atomic mass is 16.5. The number of piperazine rings is 1. The van der Waals surface area contributed by atoms with Crippen molar-refractivity contribution in [3.63, 3.8) is 0 Å². The maximum absolute atomic E-state index is 12.0. The van der Waals surface area contributed by atoms with E-state index in [9.17, 15) is 4.79 Å². The summed E-state index contributed by atoms with van der Waals surface area (Å²) in [6, 6.07) is 0.899. The number of rotatable bonds is 1. The van der Waals surface area contributed by atoms with Crippen molar-refractivity contribution < 1.29 is 9.53 Å². The van der Waals surface area contributed by atoms with Gasteiger partial charge in [0.15, 0.2) is 0 Å². The van der Waals surface area contributed by atoms with Crippen LogP contribution in [-0.4, -0.2) is 48.7 Å². The van der Waals surface area contributed by atoms with Crippen LogP contribution in [0.1, 0.15) is 19.3 Å². The number of nitrogens with zero attached hydrogens (tertiary/aromatic N) is 1. The summed E-state index contributed by atoms with van der Waals surface area (Å²) in [5, 5.41) is 3.32. The van der Waals surface area contributed by atoms with Gasteiger partial charge in [-0.15, -0.1) is 0 Å². The lowest BCUT2D eigenvalue weighted by molar-refractivity contribution is -0.157. The van der Waals surface area contributed by atoms with E-state index in [-0.39, 0.29) is 12.0 Å². The number of amides is 1. The van der Waals surface area contributed by atoms with Gasteiger partial charge in [-0.25, -0.2) is 0 Å². The van der Waals surface area contributed by atoms with Crippen LogP contribution in [0, 0.1) is 0 Å². The molecule has 3 atom stereocenters. The zero-order chi connectivity index (χ0) is 9.54. The van der Waals surface area contributed by atoms with Crippen molar-refractivity contribution in [2.45, 2.75) is 37.5 Å². The molecule has 0 spiro atoms. The topological polar surface area (TPSA) is 41.6 Å². The maximum Gasteiger partial charge on any atom is 0.252 e. The quantitative estimate of drug-likeness (QED) is 0.628. The highest BCUT2D eigenvalue weighted by Gasteiger charge is 2.46. The smallest absolute Gasteiger partial charge is 0.252 e. The summed E-state index contributed by atoms with van der Waals surface area (Å²) < 4.78 is 5.43. The predicted molar refractivity (Wildman–Crippen MR) is 50.9 cm³/mol. The lowest BCUT2D eigenvalue weighted by Crippen LogP contribution is -2.70. The minimum Gasteiger partial charge on any atom is -0.368 e. The van der Waals surface area contributed by atoms with Crippen LogP contribution in [0.3, 0.4) is 0 Å². The van der Waals surface area contributed by atoms with Crippen LogP contribution < -0.4 is 5.32 Å². The van der Waals surface area contributed by atoms with E-state index in [1.54, 1.807) is 0 Å². The molecule has 2 unspecified atom stereocenters. The van der Waals surface area contributed by atoms with E-state index in [2.05, 4.69) is 5.32 Å². The Morgan fingerprint density at radius 3 is 2.71 bits per heavy atom. The summed E-state index contributed by atoms with van der Waals surface area (Å²) in [5.74, 6) is 0.241. The Labute approximate surface area is 83.6 Å². The lowest BCUT2D eigenvalue weighted by atomic mass is 9.88. The number of hydrogen-bond acceptors (Lipinski definition) is 3. The summed E-state index contributed by atoms with van der Waals surface area (Å²) >= 11 is 0. The molecule has 4 nitrogen and oxygen atoms in total. The van der Waals surface area contributed by atoms with Crippen molar-refractivity contribution in [3.8, 4) is 0 Å². The molecule has 3 heterocycles. The van der Waals surface area contributed by atoms with Gasteiger partial charge in [0.1, 0.15) is 6.10 Å². The highest BCUT2D eigenvalue weighted by Crippen LogP contribution is 2.30. The van der Waals surface area contributed by atoms with Crippen molar-refractivity contribution in [1.29, 1.82) is 0 Å². The molecule has 1 amide bonds. The number of nitrogens with one attached hydrogen (secondary N) is 1. The molecule has 0 aromatic heterocycles. The minimum absolute atomic E-state index is 0.126. The lowest BCUT2D eigenvalue weighted by Gasteiger charge is -2.53. The molecule has 4 heteroatoms. The number of ether oxygens (including phenoxy) is 1. The third-order valence-electron chi connectivity index (χ3n) is 3.55. The van der Waals surface area contributed by atoms with Gasteiger partial charge in [0.2, 0.25) is 0 Å². The van der Waals surface area contributed by atoms with E-state index in [1.807, 2.05) is 4.90 Å². The van der Waals surface area contributed by atoms with Gasteiger partial charge in [0.25, 0.3) is 5.91 Å². The fourth-order valence-corrected chi connectivity index (χ4v) is 2.78. The first-order valence-electron chi connectivity index (χ1n) is 5.51. The van der Waals surface area contributed by atoms with Gasteiger partial charge in [-0.2, -0.15) is 0 Å². The Bertz CT molecular complexity index is 237. The second-order valence-electron chi connectivity index (χ2n) is 4.45. The molecule has 0 radical (unpaired) electrons. The Hall–Kier alpha value is -0.610. The zero-order valence-electron chi connectivity index (χ0n) is 8.24. The van der Waals surface area contributed by atoms with Gasteiger partial charge >= 0.3 is 0 Å². The second-order valence-corrected chi connectivity index (χ2v) is 4.45. The third-order valence-corrected chi connectivity index (χ3v) is 3.55. The summed E-state index contributed by atoms with van der Waals surface area (Å²) in [6.45, 7) is 2.70. The first kappa shape index (κ1) is 8.68. The van der Waals surface area contributed by atoms with Crippen LogP contribution in [0.25, 0.3) is 0 Å². The fraction of sp³-hybridized carbons (Fsp3) is 0.900. The molecule has 3 aliphatic rings. The van der Waals surface area contributed by atoms with Crippen molar-refractivity contribution in [1.82, 2.24) is 10.2 Å². The van der Waals surface area contributed by atoms with Gasteiger partial charge in [-0.05, 0) is 19.3 Å². The summed E-state index contributed by atoms with van der Waals surface area (Å²) in [6.07, 6.45) is 3.02. The van der Waals surface area contributed by atoms with Gasteiger partial charge in [-0.3, -0.25) is 4.79 Å². The monoisotopic (exact) mass is 196 g/mol. The molecule has 0 saturated carbocycles. The van der Waals surface area contributed by atoms with E-state index >= 15 is 0 Å². The molecule has 78 valence electrons. The minimum atomic E-state index is -0.126. The largest absolute Gasteiger partial charge is 0.368 e. The zero-order valence-corrected chi connectivity index (χ0v) is 8.24. The molecule has 2 bridgehead atoms. The maximum atomic E-state index is 12.0. The molecule has 3 aliphatic heterocycles. The number of carbonyl (C=O) groups excluding carboxylic acids is 1. The predicted octanol–water partition coefficient (Wildman–Crippen LogP) is -0.262. The SMILES string of the molecule is O=C([C@@H]1CCCO1)N1C2CNCC1C2. The van der Waals surface area contributed by atoms with Gasteiger partial charge in [0.05, 0.1) is 0 Å². The van der Waals surface area contributed by atoms with E-state index in [4.69, 9.17) is 4.74 Å². The molecule has 0 aliphatic carbocycles. The van der Waals surface area contributed by atoms with Crippen LogP contribution >= 0.6 is 0 Å². The number of fused-ring (bicyclic) bond motifs is 2. The summed E-state index contributed by atoms with van der Waals surface area (Å²) in [5.41, 5.74) is 0. The van der Waals surface area contributed by atoms with E-state index < -0.39 is 0 Å². The van der Waals surface area contributed by atoms with Crippen molar-refractivity contribution in [3.05, 3.63) is 0 Å². The molecule has 1 N–H and O–H groups in total. The van der Waals surface area contributed by atoms with Crippen molar-refractivity contribution in [2.75, 3.05) is 19.7 Å². The number of hydrogen-bond donors (Lipinski definition) is 1. The number of carbonyl (C=O) groups is 1. The molecular weight excluding hydrogens is 180 g/mol. The normalized spacial score (nSPS) is 40.9. The van der Waals surface area contributed by atoms with Crippen LogP contribution in [0.15, 0.2) is 0 Å². The second kappa shape index (κ2) is 3.21. The van der Waals surface area contributed by atoms with Gasteiger partial charge < -0.3 is 15.0 Å². The average Bonchev–Trinajstić information content (AvgIpc) is 2.71. The molecule has 3 saturated heterocycles. The van der Waals surface area contributed by atoms with Crippen LogP contribution in [0.4, 0.5) is 0 Å². The molecule has 0 aromatic carbocycles. The molecule has 3 fully saturated rings. The van der Waals surface area contributed by atoms with Crippen molar-refractivity contribution >= 4 is 5.91 Å². The molecule has 14 heavy (non-hydrogen) atoms. The third kappa shape index (κ3) is 1.17. The Balaban J connectivity index is 1.67. The first-order chi connectivity index (χ1) is 6.86. The number of piperidine rings is 1. The Morgan fingerprint density at radius 1 is 1.36 bits per heavy atom. The van der Waals surface area contributed by atoms with Crippen LogP contribution in [0.2, 0.25) is 0 Å². The Morgan fingerprint density at radius 2 is 2.14 bits per heavy atom. The van der Waals surface area contributed by atoms with Crippen LogP contribution in [0.5, 0.6) is 0 Å². The summed E-state index contributed by atoms with van der Waals surface area (Å²) in [7, 11) is 0. The van der Waals surface area contributed by atoms with E-state index in [1.165, 1.54) is 6.42 Å². The molecule has 0 aromatic rings. The molecular formula is C10H16N2O2.